The van der Waals surface area contributed by atoms with Gasteiger partial charge in [-0.05, 0) is 55.2 Å². The first-order chi connectivity index (χ1) is 13.0. The second kappa shape index (κ2) is 8.40. The van der Waals surface area contributed by atoms with Gasteiger partial charge in [-0.2, -0.15) is 0 Å². The number of amides is 1. The Bertz CT molecular complexity index is 910. The van der Waals surface area contributed by atoms with Gasteiger partial charge >= 0.3 is 0 Å². The van der Waals surface area contributed by atoms with Crippen LogP contribution in [-0.2, 0) is 6.42 Å². The molecule has 0 radical (unpaired) electrons. The zero-order valence-corrected chi connectivity index (χ0v) is 15.8. The highest BCUT2D eigenvalue weighted by Crippen LogP contribution is 2.21. The lowest BCUT2D eigenvalue weighted by molar-refractivity contribution is 0.0790. The minimum absolute atomic E-state index is 0.144. The van der Waals surface area contributed by atoms with Gasteiger partial charge < -0.3 is 10.2 Å². The van der Waals surface area contributed by atoms with Gasteiger partial charge in [0.25, 0.3) is 5.91 Å². The van der Waals surface area contributed by atoms with E-state index in [2.05, 4.69) is 40.2 Å². The zero-order valence-electron chi connectivity index (χ0n) is 15.8. The summed E-state index contributed by atoms with van der Waals surface area (Å²) in [7, 11) is 1.77. The maximum Gasteiger partial charge on any atom is 0.273 e. The number of aryl methyl sites for hydroxylation is 1. The normalized spacial score (nSPS) is 10.5. The van der Waals surface area contributed by atoms with E-state index in [1.807, 2.05) is 24.3 Å². The number of pyridine rings is 1. The highest BCUT2D eigenvalue weighted by Gasteiger charge is 2.14. The molecule has 1 N–H and O–H groups in total. The molecule has 0 aliphatic carbocycles. The molecule has 0 fully saturated rings. The summed E-state index contributed by atoms with van der Waals surface area (Å²) in [5.41, 5.74) is 4.83. The van der Waals surface area contributed by atoms with E-state index in [1.165, 1.54) is 11.8 Å². The number of nitrogens with one attached hydrogen (secondary N) is 1. The molecule has 0 saturated heterocycles. The Kier molecular flexibility index (Phi) is 5.76. The van der Waals surface area contributed by atoms with Gasteiger partial charge in [-0.1, -0.05) is 12.1 Å². The van der Waals surface area contributed by atoms with Gasteiger partial charge in [-0.3, -0.25) is 9.78 Å². The van der Waals surface area contributed by atoms with Gasteiger partial charge in [0.2, 0.25) is 0 Å². The fourth-order valence-corrected chi connectivity index (χ4v) is 2.67. The van der Waals surface area contributed by atoms with Gasteiger partial charge in [0, 0.05) is 31.7 Å². The minimum Gasteiger partial charge on any atom is -0.340 e. The first-order valence-corrected chi connectivity index (χ1v) is 8.84. The quantitative estimate of drug-likeness (QED) is 0.727. The summed E-state index contributed by atoms with van der Waals surface area (Å²) in [6.07, 6.45) is 7.38. The first kappa shape index (κ1) is 18.5. The molecule has 0 atom stereocenters. The SMILES string of the molecule is Cc1cccc(Nc2cnc(C(=O)N(C)CCc3ccncc3)cn2)c1C. The Morgan fingerprint density at radius 3 is 2.56 bits per heavy atom. The molecule has 1 amide bonds. The van der Waals surface area contributed by atoms with E-state index < -0.39 is 0 Å². The third-order valence-electron chi connectivity index (χ3n) is 4.57. The van der Waals surface area contributed by atoms with Crippen molar-refractivity contribution in [3.63, 3.8) is 0 Å². The Hall–Kier alpha value is -3.28. The average molecular weight is 361 g/mol. The standard InChI is InChI=1S/C21H23N5O/c1-15-5-4-6-18(16(15)2)25-20-14-23-19(13-24-20)21(27)26(3)12-9-17-7-10-22-11-8-17/h4-8,10-11,13-14H,9,12H2,1-3H3,(H,24,25). The lowest BCUT2D eigenvalue weighted by Gasteiger charge is -2.16. The molecule has 27 heavy (non-hydrogen) atoms. The highest BCUT2D eigenvalue weighted by atomic mass is 16.2. The second-order valence-electron chi connectivity index (χ2n) is 6.49. The van der Waals surface area contributed by atoms with Crippen molar-refractivity contribution in [2.75, 3.05) is 18.9 Å². The molecule has 0 bridgehead atoms. The topological polar surface area (TPSA) is 71.0 Å². The van der Waals surface area contributed by atoms with Crippen LogP contribution in [0.15, 0.2) is 55.1 Å². The third kappa shape index (κ3) is 4.67. The summed E-state index contributed by atoms with van der Waals surface area (Å²) >= 11 is 0. The maximum atomic E-state index is 12.5. The van der Waals surface area contributed by atoms with Gasteiger partial charge in [-0.25, -0.2) is 9.97 Å². The summed E-state index contributed by atoms with van der Waals surface area (Å²) in [6, 6.07) is 9.96. The Labute approximate surface area is 159 Å². The minimum atomic E-state index is -0.144. The molecule has 0 aliphatic heterocycles. The number of benzene rings is 1. The van der Waals surface area contributed by atoms with Crippen molar-refractivity contribution < 1.29 is 4.79 Å². The summed E-state index contributed by atoms with van der Waals surface area (Å²) in [6.45, 7) is 4.73. The molecule has 0 spiro atoms. The Morgan fingerprint density at radius 1 is 1.07 bits per heavy atom. The van der Waals surface area contributed by atoms with Crippen molar-refractivity contribution in [1.29, 1.82) is 0 Å². The lowest BCUT2D eigenvalue weighted by Crippen LogP contribution is -2.29. The number of likely N-dealkylation sites (N-methyl/N-ethyl adjacent to an activating group) is 1. The third-order valence-corrected chi connectivity index (χ3v) is 4.57. The predicted molar refractivity (Wildman–Crippen MR) is 106 cm³/mol. The van der Waals surface area contributed by atoms with Crippen molar-refractivity contribution in [3.8, 4) is 0 Å². The second-order valence-corrected chi connectivity index (χ2v) is 6.49. The summed E-state index contributed by atoms with van der Waals surface area (Å²) < 4.78 is 0. The number of nitrogens with zero attached hydrogens (tertiary/aromatic N) is 4. The van der Waals surface area contributed by atoms with Crippen LogP contribution in [0, 0.1) is 13.8 Å². The number of carbonyl (C=O) groups is 1. The van der Waals surface area contributed by atoms with E-state index in [0.29, 0.717) is 18.1 Å². The van der Waals surface area contributed by atoms with E-state index in [4.69, 9.17) is 0 Å². The van der Waals surface area contributed by atoms with Crippen molar-refractivity contribution >= 4 is 17.4 Å². The first-order valence-electron chi connectivity index (χ1n) is 8.84. The van der Waals surface area contributed by atoms with Crippen LogP contribution in [-0.4, -0.2) is 39.4 Å². The van der Waals surface area contributed by atoms with E-state index >= 15 is 0 Å². The largest absolute Gasteiger partial charge is 0.340 e. The van der Waals surface area contributed by atoms with E-state index in [0.717, 1.165) is 23.2 Å². The predicted octanol–water partition coefficient (Wildman–Crippen LogP) is 3.55. The van der Waals surface area contributed by atoms with E-state index in [1.54, 1.807) is 30.5 Å². The molecule has 3 aromatic rings. The van der Waals surface area contributed by atoms with Crippen LogP contribution in [0.4, 0.5) is 11.5 Å². The molecular formula is C21H23N5O. The van der Waals surface area contributed by atoms with E-state index in [9.17, 15) is 4.79 Å². The number of rotatable bonds is 6. The fourth-order valence-electron chi connectivity index (χ4n) is 2.67. The molecule has 0 saturated carbocycles. The van der Waals surface area contributed by atoms with Gasteiger partial charge in [0.15, 0.2) is 0 Å². The Balaban J connectivity index is 1.62. The van der Waals surface area contributed by atoms with Gasteiger partial charge in [0.05, 0.1) is 12.4 Å². The molecule has 1 aromatic carbocycles. The fraction of sp³-hybridized carbons (Fsp3) is 0.238. The molecule has 6 nitrogen and oxygen atoms in total. The van der Waals surface area contributed by atoms with Crippen molar-refractivity contribution in [3.05, 3.63) is 77.5 Å². The van der Waals surface area contributed by atoms with Gasteiger partial charge in [0.1, 0.15) is 11.5 Å². The van der Waals surface area contributed by atoms with Crippen molar-refractivity contribution in [2.45, 2.75) is 20.3 Å². The highest BCUT2D eigenvalue weighted by molar-refractivity contribution is 5.91. The maximum absolute atomic E-state index is 12.5. The number of hydrogen-bond acceptors (Lipinski definition) is 5. The van der Waals surface area contributed by atoms with Crippen LogP contribution in [0.1, 0.15) is 27.2 Å². The van der Waals surface area contributed by atoms with Crippen LogP contribution in [0.5, 0.6) is 0 Å². The molecule has 2 heterocycles. The molecule has 2 aromatic heterocycles. The summed E-state index contributed by atoms with van der Waals surface area (Å²) in [5.74, 6) is 0.467. The van der Waals surface area contributed by atoms with Crippen LogP contribution < -0.4 is 5.32 Å². The van der Waals surface area contributed by atoms with E-state index in [-0.39, 0.29) is 5.91 Å². The van der Waals surface area contributed by atoms with Crippen LogP contribution in [0.2, 0.25) is 0 Å². The van der Waals surface area contributed by atoms with Crippen LogP contribution in [0.25, 0.3) is 0 Å². The van der Waals surface area contributed by atoms with Gasteiger partial charge in [-0.15, -0.1) is 0 Å². The lowest BCUT2D eigenvalue weighted by atomic mass is 10.1. The Morgan fingerprint density at radius 2 is 1.85 bits per heavy atom. The smallest absolute Gasteiger partial charge is 0.273 e. The zero-order chi connectivity index (χ0) is 19.2. The average Bonchev–Trinajstić information content (AvgIpc) is 2.70. The number of hydrogen-bond donors (Lipinski definition) is 1. The molecule has 6 heteroatoms. The monoisotopic (exact) mass is 361 g/mol. The molecular weight excluding hydrogens is 338 g/mol. The van der Waals surface area contributed by atoms with Crippen LogP contribution >= 0.6 is 0 Å². The molecule has 0 unspecified atom stereocenters. The van der Waals surface area contributed by atoms with Crippen LogP contribution in [0.3, 0.4) is 0 Å². The number of aromatic nitrogens is 3. The van der Waals surface area contributed by atoms with Crippen molar-refractivity contribution in [2.24, 2.45) is 0 Å². The summed E-state index contributed by atoms with van der Waals surface area (Å²) in [5, 5.41) is 3.25. The number of anilines is 2. The molecule has 3 rings (SSSR count). The molecule has 138 valence electrons. The molecule has 0 aliphatic rings. The number of carbonyl (C=O) groups excluding carboxylic acids is 1. The summed E-state index contributed by atoms with van der Waals surface area (Å²) in [4.78, 5) is 26.8. The van der Waals surface area contributed by atoms with Crippen molar-refractivity contribution in [1.82, 2.24) is 19.9 Å².